The molecule has 0 amide bonds. The molecular weight excluding hydrogens is 493 g/mol. The maximum atomic E-state index is 15.1. The molecule has 0 spiro atoms. The quantitative estimate of drug-likeness (QED) is 0.166. The second-order valence-corrected chi connectivity index (χ2v) is 10.4. The predicted molar refractivity (Wildman–Crippen MR) is 156 cm³/mol. The lowest BCUT2D eigenvalue weighted by Crippen LogP contribution is -2.03. The third-order valence-electron chi connectivity index (χ3n) is 7.57. The zero-order valence-corrected chi connectivity index (χ0v) is 23.1. The van der Waals surface area contributed by atoms with Crippen LogP contribution < -0.4 is 4.74 Å². The molecular formula is C35H39F3O. The van der Waals surface area contributed by atoms with Gasteiger partial charge < -0.3 is 4.74 Å². The molecule has 0 heterocycles. The van der Waals surface area contributed by atoms with Gasteiger partial charge in [-0.3, -0.25) is 0 Å². The van der Waals surface area contributed by atoms with Crippen LogP contribution in [0, 0.1) is 23.4 Å². The third kappa shape index (κ3) is 7.44. The number of ether oxygens (including phenoxy) is 1. The molecule has 0 bridgehead atoms. The highest BCUT2D eigenvalue weighted by atomic mass is 19.2. The molecule has 0 radical (unpaired) electrons. The van der Waals surface area contributed by atoms with Crippen molar-refractivity contribution in [3.63, 3.8) is 0 Å². The van der Waals surface area contributed by atoms with Gasteiger partial charge in [0, 0.05) is 11.1 Å². The molecule has 3 aromatic rings. The van der Waals surface area contributed by atoms with Gasteiger partial charge in [0.1, 0.15) is 5.82 Å². The lowest BCUT2D eigenvalue weighted by molar-refractivity contribution is 0.285. The molecule has 0 aliphatic heterocycles. The summed E-state index contributed by atoms with van der Waals surface area (Å²) in [5, 5.41) is 0. The Balaban J connectivity index is 1.41. The summed E-state index contributed by atoms with van der Waals surface area (Å²) >= 11 is 0. The third-order valence-corrected chi connectivity index (χ3v) is 7.57. The van der Waals surface area contributed by atoms with Gasteiger partial charge in [-0.2, -0.15) is 4.39 Å². The molecule has 3 aromatic carbocycles. The van der Waals surface area contributed by atoms with E-state index in [1.54, 1.807) is 36.4 Å². The van der Waals surface area contributed by atoms with E-state index in [9.17, 15) is 8.78 Å². The molecule has 0 saturated heterocycles. The van der Waals surface area contributed by atoms with Crippen molar-refractivity contribution in [2.75, 3.05) is 6.61 Å². The molecule has 1 atom stereocenters. The standard InChI is InChI=1S/C35H39F3O/c1-3-5-6-7-8-9-23-39-33-22-21-31(34(37)35(33)38)28-17-15-27(16-18-28)30-20-19-29(24-32(30)36)26-13-11-25(10-4-2)12-14-26/h4,10,13,15-22,24-25H,3,5-9,11-12,14,23H2,1-2H3/b10-4+. The van der Waals surface area contributed by atoms with Crippen molar-refractivity contribution in [2.24, 2.45) is 5.92 Å². The Bertz CT molecular complexity index is 1290. The summed E-state index contributed by atoms with van der Waals surface area (Å²) in [6.45, 7) is 4.58. The average Bonchev–Trinajstić information content (AvgIpc) is 2.95. The van der Waals surface area contributed by atoms with E-state index in [0.717, 1.165) is 44.1 Å². The largest absolute Gasteiger partial charge is 0.490 e. The van der Waals surface area contributed by atoms with Gasteiger partial charge in [0.2, 0.25) is 5.82 Å². The van der Waals surface area contributed by atoms with Gasteiger partial charge in [-0.15, -0.1) is 0 Å². The molecule has 1 nitrogen and oxygen atoms in total. The molecule has 0 fully saturated rings. The van der Waals surface area contributed by atoms with Crippen molar-refractivity contribution in [2.45, 2.75) is 71.6 Å². The number of rotatable bonds is 12. The number of hydrogen-bond donors (Lipinski definition) is 0. The van der Waals surface area contributed by atoms with Crippen LogP contribution in [0.3, 0.4) is 0 Å². The Morgan fingerprint density at radius 1 is 0.795 bits per heavy atom. The lowest BCUT2D eigenvalue weighted by Gasteiger charge is -2.20. The van der Waals surface area contributed by atoms with Gasteiger partial charge in [-0.25, -0.2) is 8.78 Å². The Hall–Kier alpha value is -3.27. The second-order valence-electron chi connectivity index (χ2n) is 10.4. The molecule has 206 valence electrons. The molecule has 4 rings (SSSR count). The highest BCUT2D eigenvalue weighted by Crippen LogP contribution is 2.35. The van der Waals surface area contributed by atoms with Gasteiger partial charge >= 0.3 is 0 Å². The monoisotopic (exact) mass is 532 g/mol. The molecule has 0 aromatic heterocycles. The Morgan fingerprint density at radius 3 is 2.13 bits per heavy atom. The minimum absolute atomic E-state index is 0.0611. The van der Waals surface area contributed by atoms with E-state index in [1.807, 2.05) is 13.0 Å². The van der Waals surface area contributed by atoms with Crippen LogP contribution in [-0.4, -0.2) is 6.61 Å². The van der Waals surface area contributed by atoms with Gasteiger partial charge in [0.25, 0.3) is 0 Å². The maximum absolute atomic E-state index is 15.1. The molecule has 1 aliphatic carbocycles. The van der Waals surface area contributed by atoms with Crippen molar-refractivity contribution in [1.29, 1.82) is 0 Å². The summed E-state index contributed by atoms with van der Waals surface area (Å²) < 4.78 is 50.3. The average molecular weight is 533 g/mol. The summed E-state index contributed by atoms with van der Waals surface area (Å²) in [7, 11) is 0. The number of hydrogen-bond acceptors (Lipinski definition) is 1. The molecule has 39 heavy (non-hydrogen) atoms. The first-order valence-electron chi connectivity index (χ1n) is 14.3. The minimum Gasteiger partial charge on any atom is -0.490 e. The Kier molecular flexibility index (Phi) is 10.5. The fourth-order valence-electron chi connectivity index (χ4n) is 5.27. The first-order chi connectivity index (χ1) is 19.0. The topological polar surface area (TPSA) is 9.23 Å². The first kappa shape index (κ1) is 28.7. The van der Waals surface area contributed by atoms with Crippen LogP contribution in [0.5, 0.6) is 5.75 Å². The highest BCUT2D eigenvalue weighted by Gasteiger charge is 2.17. The van der Waals surface area contributed by atoms with Crippen molar-refractivity contribution in [3.05, 3.63) is 95.8 Å². The zero-order valence-electron chi connectivity index (χ0n) is 23.1. The molecule has 0 N–H and O–H groups in total. The Morgan fingerprint density at radius 2 is 1.46 bits per heavy atom. The zero-order chi connectivity index (χ0) is 27.6. The van der Waals surface area contributed by atoms with Gasteiger partial charge in [0.05, 0.1) is 6.61 Å². The van der Waals surface area contributed by atoms with Crippen LogP contribution in [0.1, 0.15) is 77.2 Å². The van der Waals surface area contributed by atoms with E-state index in [0.29, 0.717) is 29.2 Å². The number of allylic oxidation sites excluding steroid dienone is 4. The number of benzene rings is 3. The van der Waals surface area contributed by atoms with Crippen LogP contribution in [0.4, 0.5) is 13.2 Å². The number of halogens is 3. The number of unbranched alkanes of at least 4 members (excludes halogenated alkanes) is 5. The van der Waals surface area contributed by atoms with Crippen LogP contribution in [0.25, 0.3) is 27.8 Å². The SMILES string of the molecule is C/C=C/C1CC=C(c2ccc(-c3ccc(-c4ccc(OCCCCCCCC)c(F)c4F)cc3)c(F)c2)CC1. The van der Waals surface area contributed by atoms with Crippen LogP contribution in [0.15, 0.2) is 72.8 Å². The summed E-state index contributed by atoms with van der Waals surface area (Å²) in [6.07, 6.45) is 16.1. The van der Waals surface area contributed by atoms with E-state index in [4.69, 9.17) is 4.74 Å². The summed E-state index contributed by atoms with van der Waals surface area (Å²) in [5.74, 6) is -1.70. The van der Waals surface area contributed by atoms with Crippen molar-refractivity contribution in [3.8, 4) is 28.0 Å². The fourth-order valence-corrected chi connectivity index (χ4v) is 5.27. The summed E-state index contributed by atoms with van der Waals surface area (Å²) in [5.41, 5.74) is 3.96. The minimum atomic E-state index is -0.974. The van der Waals surface area contributed by atoms with Crippen molar-refractivity contribution in [1.82, 2.24) is 0 Å². The van der Waals surface area contributed by atoms with Crippen LogP contribution >= 0.6 is 0 Å². The first-order valence-corrected chi connectivity index (χ1v) is 14.3. The predicted octanol–water partition coefficient (Wildman–Crippen LogP) is 10.9. The molecule has 0 saturated carbocycles. The molecule has 1 aliphatic rings. The smallest absolute Gasteiger partial charge is 0.201 e. The van der Waals surface area contributed by atoms with E-state index in [1.165, 1.54) is 37.0 Å². The van der Waals surface area contributed by atoms with E-state index < -0.39 is 11.6 Å². The molecule has 4 heteroatoms. The van der Waals surface area contributed by atoms with Gasteiger partial charge in [0.15, 0.2) is 11.6 Å². The van der Waals surface area contributed by atoms with Crippen LogP contribution in [-0.2, 0) is 0 Å². The molecule has 1 unspecified atom stereocenters. The fraction of sp³-hybridized carbons (Fsp3) is 0.371. The Labute approximate surface area is 231 Å². The summed E-state index contributed by atoms with van der Waals surface area (Å²) in [6, 6.07) is 15.3. The van der Waals surface area contributed by atoms with E-state index in [-0.39, 0.29) is 17.1 Å². The van der Waals surface area contributed by atoms with Gasteiger partial charge in [-0.05, 0) is 79.0 Å². The summed E-state index contributed by atoms with van der Waals surface area (Å²) in [4.78, 5) is 0. The normalized spacial score (nSPS) is 15.5. The highest BCUT2D eigenvalue weighted by molar-refractivity contribution is 5.74. The maximum Gasteiger partial charge on any atom is 0.201 e. The van der Waals surface area contributed by atoms with Gasteiger partial charge in [-0.1, -0.05) is 93.7 Å². The van der Waals surface area contributed by atoms with Crippen molar-refractivity contribution < 1.29 is 17.9 Å². The van der Waals surface area contributed by atoms with E-state index >= 15 is 4.39 Å². The van der Waals surface area contributed by atoms with Crippen LogP contribution in [0.2, 0.25) is 0 Å². The van der Waals surface area contributed by atoms with E-state index in [2.05, 4.69) is 25.2 Å². The second kappa shape index (κ2) is 14.2. The lowest BCUT2D eigenvalue weighted by atomic mass is 9.86. The van der Waals surface area contributed by atoms with Crippen molar-refractivity contribution >= 4 is 5.57 Å².